The molecule has 0 aromatic carbocycles. The highest BCUT2D eigenvalue weighted by Crippen LogP contribution is 2.29. The second kappa shape index (κ2) is 5.33. The number of nitrogens with zero attached hydrogens (tertiary/aromatic N) is 4. The van der Waals surface area contributed by atoms with Gasteiger partial charge < -0.3 is 14.1 Å². The number of methoxy groups -OCH3 is 1. The van der Waals surface area contributed by atoms with E-state index in [1.807, 2.05) is 14.0 Å². The van der Waals surface area contributed by atoms with Gasteiger partial charge in [0.1, 0.15) is 17.5 Å². The van der Waals surface area contributed by atoms with Crippen LogP contribution in [0.2, 0.25) is 0 Å². The molecule has 1 amide bonds. The van der Waals surface area contributed by atoms with Crippen molar-refractivity contribution < 1.29 is 13.9 Å². The lowest BCUT2D eigenvalue weighted by atomic mass is 10.0. The second-order valence-electron chi connectivity index (χ2n) is 5.17. The first kappa shape index (κ1) is 13.8. The molecule has 112 valence electrons. The molecule has 2 aromatic heterocycles. The molecule has 3 heterocycles. The number of rotatable bonds is 3. The number of carbonyl (C=O) groups excluding carboxylic acids is 1. The highest BCUT2D eigenvalue weighted by molar-refractivity contribution is 5.92. The Morgan fingerprint density at radius 1 is 1.52 bits per heavy atom. The van der Waals surface area contributed by atoms with E-state index in [0.29, 0.717) is 18.9 Å². The van der Waals surface area contributed by atoms with E-state index >= 15 is 0 Å². The Morgan fingerprint density at radius 2 is 2.33 bits per heavy atom. The van der Waals surface area contributed by atoms with Gasteiger partial charge in [-0.25, -0.2) is 0 Å². The smallest absolute Gasteiger partial charge is 0.290 e. The van der Waals surface area contributed by atoms with Gasteiger partial charge in [0.25, 0.3) is 5.91 Å². The molecular weight excluding hydrogens is 272 g/mol. The number of fused-ring (bicyclic) bond motifs is 1. The molecule has 2 aromatic rings. The number of hydrogen-bond acceptors (Lipinski definition) is 5. The first-order valence-electron chi connectivity index (χ1n) is 6.86. The van der Waals surface area contributed by atoms with Crippen LogP contribution < -0.4 is 0 Å². The molecule has 1 aliphatic heterocycles. The average molecular weight is 290 g/mol. The molecule has 0 saturated heterocycles. The highest BCUT2D eigenvalue weighted by atomic mass is 16.5. The minimum atomic E-state index is -0.231. The predicted molar refractivity (Wildman–Crippen MR) is 73.8 cm³/mol. The summed E-state index contributed by atoms with van der Waals surface area (Å²) in [5.74, 6) is 0.932. The standard InChI is InChI=1S/C14H18N4O3/c1-9-4-5-12(21-9)14(19)18-7-6-10-13(11(18)8-20-3)15-16-17(10)2/h4-5,11H,6-8H2,1-3H3. The van der Waals surface area contributed by atoms with Crippen molar-refractivity contribution in [3.63, 3.8) is 0 Å². The van der Waals surface area contributed by atoms with Crippen molar-refractivity contribution in [2.75, 3.05) is 20.3 Å². The van der Waals surface area contributed by atoms with E-state index in [1.165, 1.54) is 0 Å². The molecule has 3 rings (SSSR count). The number of furan rings is 1. The summed E-state index contributed by atoms with van der Waals surface area (Å²) >= 11 is 0. The molecule has 1 unspecified atom stereocenters. The van der Waals surface area contributed by atoms with Crippen LogP contribution in [0.1, 0.15) is 33.7 Å². The van der Waals surface area contributed by atoms with E-state index in [0.717, 1.165) is 23.6 Å². The topological polar surface area (TPSA) is 73.4 Å². The van der Waals surface area contributed by atoms with Gasteiger partial charge in [-0.05, 0) is 19.1 Å². The van der Waals surface area contributed by atoms with Crippen molar-refractivity contribution in [3.05, 3.63) is 35.0 Å². The summed E-state index contributed by atoms with van der Waals surface area (Å²) in [6, 6.07) is 3.26. The molecule has 7 heteroatoms. The number of amides is 1. The molecule has 21 heavy (non-hydrogen) atoms. The number of aryl methyl sites for hydroxylation is 2. The molecule has 0 bridgehead atoms. The van der Waals surface area contributed by atoms with Gasteiger partial charge in [0.2, 0.25) is 0 Å². The Hall–Kier alpha value is -2.15. The molecule has 0 radical (unpaired) electrons. The van der Waals surface area contributed by atoms with Gasteiger partial charge in [-0.3, -0.25) is 9.48 Å². The van der Waals surface area contributed by atoms with Crippen LogP contribution in [0.15, 0.2) is 16.5 Å². The molecule has 0 aliphatic carbocycles. The van der Waals surface area contributed by atoms with Gasteiger partial charge in [0.05, 0.1) is 12.3 Å². The summed E-state index contributed by atoms with van der Waals surface area (Å²) < 4.78 is 12.5. The third kappa shape index (κ3) is 2.33. The van der Waals surface area contributed by atoms with Crippen molar-refractivity contribution in [1.82, 2.24) is 19.9 Å². The summed E-state index contributed by atoms with van der Waals surface area (Å²) in [6.45, 7) is 2.80. The van der Waals surface area contributed by atoms with Gasteiger partial charge in [0.15, 0.2) is 5.76 Å². The average Bonchev–Trinajstić information content (AvgIpc) is 3.06. The van der Waals surface area contributed by atoms with Crippen LogP contribution in [-0.4, -0.2) is 46.1 Å². The third-order valence-corrected chi connectivity index (χ3v) is 3.79. The number of aromatic nitrogens is 3. The lowest BCUT2D eigenvalue weighted by Gasteiger charge is -2.33. The molecule has 7 nitrogen and oxygen atoms in total. The maximum atomic E-state index is 12.6. The minimum Gasteiger partial charge on any atom is -0.456 e. The molecule has 1 atom stereocenters. The Balaban J connectivity index is 1.93. The van der Waals surface area contributed by atoms with Crippen LogP contribution >= 0.6 is 0 Å². The predicted octanol–water partition coefficient (Wildman–Crippen LogP) is 1.10. The number of hydrogen-bond donors (Lipinski definition) is 0. The summed E-state index contributed by atoms with van der Waals surface area (Å²) in [7, 11) is 3.48. The van der Waals surface area contributed by atoms with Gasteiger partial charge in [0, 0.05) is 27.1 Å². The van der Waals surface area contributed by atoms with Crippen LogP contribution in [0.5, 0.6) is 0 Å². The Bertz CT molecular complexity index is 661. The summed E-state index contributed by atoms with van der Waals surface area (Å²) in [5.41, 5.74) is 1.86. The fourth-order valence-electron chi connectivity index (χ4n) is 2.73. The van der Waals surface area contributed by atoms with Gasteiger partial charge in [-0.15, -0.1) is 5.10 Å². The van der Waals surface area contributed by atoms with Crippen molar-refractivity contribution in [2.45, 2.75) is 19.4 Å². The first-order valence-corrected chi connectivity index (χ1v) is 6.86. The fourth-order valence-corrected chi connectivity index (χ4v) is 2.73. The molecule has 0 saturated carbocycles. The first-order chi connectivity index (χ1) is 10.1. The zero-order valence-electron chi connectivity index (χ0n) is 12.4. The monoisotopic (exact) mass is 290 g/mol. The summed E-state index contributed by atoms with van der Waals surface area (Å²) in [5, 5.41) is 8.25. The molecule has 1 aliphatic rings. The van der Waals surface area contributed by atoms with E-state index in [4.69, 9.17) is 9.15 Å². The van der Waals surface area contributed by atoms with Crippen LogP contribution in [0.4, 0.5) is 0 Å². The molecule has 0 N–H and O–H groups in total. The second-order valence-corrected chi connectivity index (χ2v) is 5.17. The maximum absolute atomic E-state index is 12.6. The van der Waals surface area contributed by atoms with Gasteiger partial charge in [-0.2, -0.15) is 0 Å². The largest absolute Gasteiger partial charge is 0.456 e. The third-order valence-electron chi connectivity index (χ3n) is 3.79. The van der Waals surface area contributed by atoms with Gasteiger partial charge in [-0.1, -0.05) is 5.21 Å². The number of ether oxygens (including phenoxy) is 1. The van der Waals surface area contributed by atoms with E-state index in [9.17, 15) is 4.79 Å². The molecule has 0 spiro atoms. The van der Waals surface area contributed by atoms with Crippen molar-refractivity contribution >= 4 is 5.91 Å². The number of carbonyl (C=O) groups is 1. The van der Waals surface area contributed by atoms with Crippen molar-refractivity contribution in [2.24, 2.45) is 7.05 Å². The Kier molecular flexibility index (Phi) is 3.50. The summed E-state index contributed by atoms with van der Waals surface area (Å²) in [4.78, 5) is 14.4. The zero-order valence-corrected chi connectivity index (χ0v) is 12.4. The molecular formula is C14H18N4O3. The van der Waals surface area contributed by atoms with Crippen molar-refractivity contribution in [1.29, 1.82) is 0 Å². The maximum Gasteiger partial charge on any atom is 0.290 e. The zero-order chi connectivity index (χ0) is 15.0. The quantitative estimate of drug-likeness (QED) is 0.846. The lowest BCUT2D eigenvalue weighted by Crippen LogP contribution is -2.42. The Labute approximate surface area is 122 Å². The van der Waals surface area contributed by atoms with E-state index < -0.39 is 0 Å². The fraction of sp³-hybridized carbons (Fsp3) is 0.500. The van der Waals surface area contributed by atoms with Crippen molar-refractivity contribution in [3.8, 4) is 0 Å². The van der Waals surface area contributed by atoms with Crippen LogP contribution in [-0.2, 0) is 18.2 Å². The van der Waals surface area contributed by atoms with Crippen LogP contribution in [0.3, 0.4) is 0 Å². The van der Waals surface area contributed by atoms with E-state index in [2.05, 4.69) is 10.3 Å². The minimum absolute atomic E-state index is 0.138. The highest BCUT2D eigenvalue weighted by Gasteiger charge is 2.35. The van der Waals surface area contributed by atoms with Gasteiger partial charge >= 0.3 is 0 Å². The normalized spacial score (nSPS) is 17.9. The van der Waals surface area contributed by atoms with E-state index in [1.54, 1.807) is 28.8 Å². The van der Waals surface area contributed by atoms with Crippen LogP contribution in [0, 0.1) is 6.92 Å². The molecule has 0 fully saturated rings. The van der Waals surface area contributed by atoms with E-state index in [-0.39, 0.29) is 11.9 Å². The SMILES string of the molecule is COCC1c2nnn(C)c2CCN1C(=O)c1ccc(C)o1. The Morgan fingerprint density at radius 3 is 3.00 bits per heavy atom. The summed E-state index contributed by atoms with van der Waals surface area (Å²) in [6.07, 6.45) is 0.727. The van der Waals surface area contributed by atoms with Crippen LogP contribution in [0.25, 0.3) is 0 Å². The lowest BCUT2D eigenvalue weighted by molar-refractivity contribution is 0.0461.